The van der Waals surface area contributed by atoms with E-state index in [2.05, 4.69) is 16.4 Å². The maximum Gasteiger partial charge on any atom is 0.312 e. The van der Waals surface area contributed by atoms with Crippen molar-refractivity contribution in [3.8, 4) is 10.6 Å². The van der Waals surface area contributed by atoms with Crippen LogP contribution in [0.4, 0.5) is 0 Å². The van der Waals surface area contributed by atoms with Gasteiger partial charge in [-0.05, 0) is 25.8 Å². The fraction of sp³-hybridized carbons (Fsp3) is 0.421. The summed E-state index contributed by atoms with van der Waals surface area (Å²) in [6.07, 6.45) is 4.41. The highest BCUT2D eigenvalue weighted by Gasteiger charge is 2.18. The van der Waals surface area contributed by atoms with E-state index in [1.165, 1.54) is 16.9 Å². The van der Waals surface area contributed by atoms with Crippen molar-refractivity contribution in [1.82, 2.24) is 10.3 Å². The molecule has 1 aliphatic rings. The van der Waals surface area contributed by atoms with Crippen LogP contribution in [-0.4, -0.2) is 29.5 Å². The summed E-state index contributed by atoms with van der Waals surface area (Å²) in [5, 5.41) is 5.64. The molecule has 0 saturated heterocycles. The Morgan fingerprint density at radius 3 is 2.88 bits per heavy atom. The van der Waals surface area contributed by atoms with E-state index < -0.39 is 5.97 Å². The molecule has 1 aromatic carbocycles. The molecule has 1 amide bonds. The highest BCUT2D eigenvalue weighted by atomic mass is 32.1. The molecule has 0 aliphatic heterocycles. The van der Waals surface area contributed by atoms with Gasteiger partial charge in [-0.3, -0.25) is 9.59 Å². The van der Waals surface area contributed by atoms with Crippen LogP contribution in [-0.2, 0) is 20.7 Å². The highest BCUT2D eigenvalue weighted by Crippen LogP contribution is 2.24. The Bertz CT molecular complexity index is 751. The number of aryl methyl sites for hydroxylation is 1. The molecule has 0 atom stereocenters. The second-order valence-corrected chi connectivity index (χ2v) is 7.26. The van der Waals surface area contributed by atoms with Gasteiger partial charge in [-0.2, -0.15) is 0 Å². The first kappa shape index (κ1) is 17.6. The van der Waals surface area contributed by atoms with Crippen molar-refractivity contribution in [3.63, 3.8) is 0 Å². The van der Waals surface area contributed by atoms with Crippen LogP contribution in [0.15, 0.2) is 29.6 Å². The van der Waals surface area contributed by atoms with Crippen molar-refractivity contribution in [3.05, 3.63) is 40.9 Å². The number of rotatable bonds is 6. The predicted octanol–water partition coefficient (Wildman–Crippen LogP) is 3.26. The third-order valence-corrected chi connectivity index (χ3v) is 5.17. The van der Waals surface area contributed by atoms with Gasteiger partial charge in [0.05, 0.1) is 12.1 Å². The molecule has 1 saturated carbocycles. The number of hydrogen-bond donors (Lipinski definition) is 1. The topological polar surface area (TPSA) is 68.3 Å². The lowest BCUT2D eigenvalue weighted by Gasteiger charge is -2.11. The Balaban J connectivity index is 1.47. The molecule has 1 heterocycles. The van der Waals surface area contributed by atoms with Gasteiger partial charge in [0.2, 0.25) is 0 Å². The largest absolute Gasteiger partial charge is 0.455 e. The number of thiazole rings is 1. The zero-order valence-electron chi connectivity index (χ0n) is 14.3. The summed E-state index contributed by atoms with van der Waals surface area (Å²) in [5.74, 6) is -0.651. The molecule has 6 heteroatoms. The molecule has 0 unspecified atom stereocenters. The summed E-state index contributed by atoms with van der Waals surface area (Å²) in [6, 6.07) is 8.33. The van der Waals surface area contributed by atoms with Crippen LogP contribution in [0.2, 0.25) is 0 Å². The zero-order valence-corrected chi connectivity index (χ0v) is 15.1. The molecule has 5 nitrogen and oxygen atoms in total. The summed E-state index contributed by atoms with van der Waals surface area (Å²) < 4.78 is 5.07. The summed E-state index contributed by atoms with van der Waals surface area (Å²) in [7, 11) is 0. The molecule has 1 N–H and O–H groups in total. The Hall–Kier alpha value is -2.21. The molecular formula is C19H22N2O3S. The zero-order chi connectivity index (χ0) is 17.6. The number of nitrogens with one attached hydrogen (secondary N) is 1. The van der Waals surface area contributed by atoms with Crippen LogP contribution >= 0.6 is 11.3 Å². The van der Waals surface area contributed by atoms with E-state index in [1.807, 2.05) is 30.5 Å². The quantitative estimate of drug-likeness (QED) is 0.805. The average molecular weight is 358 g/mol. The number of carbonyl (C=O) groups is 2. The maximum absolute atomic E-state index is 11.9. The van der Waals surface area contributed by atoms with Crippen molar-refractivity contribution in [2.45, 2.75) is 45.1 Å². The van der Waals surface area contributed by atoms with Crippen molar-refractivity contribution in [1.29, 1.82) is 0 Å². The van der Waals surface area contributed by atoms with Crippen molar-refractivity contribution < 1.29 is 14.3 Å². The van der Waals surface area contributed by atoms with Gasteiger partial charge in [0.1, 0.15) is 5.01 Å². The summed E-state index contributed by atoms with van der Waals surface area (Å²) >= 11 is 1.50. The number of hydrogen-bond acceptors (Lipinski definition) is 5. The van der Waals surface area contributed by atoms with Gasteiger partial charge in [0, 0.05) is 17.0 Å². The third kappa shape index (κ3) is 5.13. The van der Waals surface area contributed by atoms with Crippen LogP contribution in [0.5, 0.6) is 0 Å². The molecule has 1 aromatic heterocycles. The van der Waals surface area contributed by atoms with Gasteiger partial charge >= 0.3 is 5.97 Å². The average Bonchev–Trinajstić information content (AvgIpc) is 3.25. The summed E-state index contributed by atoms with van der Waals surface area (Å²) in [5.41, 5.74) is 2.88. The number of nitrogens with zero attached hydrogens (tertiary/aromatic N) is 1. The smallest absolute Gasteiger partial charge is 0.312 e. The second kappa shape index (κ2) is 8.25. The maximum atomic E-state index is 11.9. The predicted molar refractivity (Wildman–Crippen MR) is 97.3 cm³/mol. The van der Waals surface area contributed by atoms with Crippen LogP contribution in [0.25, 0.3) is 10.6 Å². The van der Waals surface area contributed by atoms with E-state index in [4.69, 9.17) is 4.74 Å². The molecule has 3 rings (SSSR count). The molecule has 1 aliphatic carbocycles. The van der Waals surface area contributed by atoms with E-state index in [-0.39, 0.29) is 25.0 Å². The molecule has 0 bridgehead atoms. The number of ether oxygens (including phenoxy) is 1. The normalized spacial score (nSPS) is 14.4. The highest BCUT2D eigenvalue weighted by molar-refractivity contribution is 7.13. The van der Waals surface area contributed by atoms with Crippen LogP contribution < -0.4 is 5.32 Å². The number of amides is 1. The summed E-state index contributed by atoms with van der Waals surface area (Å²) in [4.78, 5) is 28.2. The lowest BCUT2D eigenvalue weighted by molar-refractivity contribution is -0.148. The molecular weight excluding hydrogens is 336 g/mol. The van der Waals surface area contributed by atoms with Crippen molar-refractivity contribution in [2.24, 2.45) is 0 Å². The Morgan fingerprint density at radius 1 is 1.32 bits per heavy atom. The molecule has 132 valence electrons. The Kier molecular flexibility index (Phi) is 5.81. The standard InChI is InChI=1S/C19H22N2O3S/c1-13-5-4-6-14(9-13)19-21-16(12-25-19)10-18(23)24-11-17(22)20-15-7-2-3-8-15/h4-6,9,12,15H,2-3,7-8,10-11H2,1H3,(H,20,22). The molecule has 0 spiro atoms. The number of carbonyl (C=O) groups excluding carboxylic acids is 2. The Labute approximate surface area is 151 Å². The van der Waals surface area contributed by atoms with Crippen LogP contribution in [0, 0.1) is 6.92 Å². The van der Waals surface area contributed by atoms with Gasteiger partial charge < -0.3 is 10.1 Å². The van der Waals surface area contributed by atoms with E-state index in [1.54, 1.807) is 0 Å². The van der Waals surface area contributed by atoms with Gasteiger partial charge in [-0.1, -0.05) is 36.6 Å². The number of esters is 1. The molecule has 1 fully saturated rings. The fourth-order valence-electron chi connectivity index (χ4n) is 2.98. The van der Waals surface area contributed by atoms with E-state index in [0.717, 1.165) is 36.3 Å². The van der Waals surface area contributed by atoms with E-state index in [0.29, 0.717) is 5.69 Å². The Morgan fingerprint density at radius 2 is 2.12 bits per heavy atom. The molecule has 2 aromatic rings. The third-order valence-electron chi connectivity index (χ3n) is 4.23. The minimum Gasteiger partial charge on any atom is -0.455 e. The van der Waals surface area contributed by atoms with Crippen LogP contribution in [0.3, 0.4) is 0 Å². The summed E-state index contributed by atoms with van der Waals surface area (Å²) in [6.45, 7) is 1.82. The lowest BCUT2D eigenvalue weighted by Crippen LogP contribution is -2.36. The monoisotopic (exact) mass is 358 g/mol. The van der Waals surface area contributed by atoms with Crippen molar-refractivity contribution in [2.75, 3.05) is 6.61 Å². The van der Waals surface area contributed by atoms with Crippen LogP contribution in [0.1, 0.15) is 36.9 Å². The van der Waals surface area contributed by atoms with Gasteiger partial charge in [-0.25, -0.2) is 4.98 Å². The van der Waals surface area contributed by atoms with Gasteiger partial charge in [0.15, 0.2) is 6.61 Å². The second-order valence-electron chi connectivity index (χ2n) is 6.40. The lowest BCUT2D eigenvalue weighted by atomic mass is 10.1. The SMILES string of the molecule is Cc1cccc(-c2nc(CC(=O)OCC(=O)NC3CCCC3)cs2)c1. The first-order valence-electron chi connectivity index (χ1n) is 8.56. The number of aromatic nitrogens is 1. The first-order chi connectivity index (χ1) is 12.1. The molecule has 25 heavy (non-hydrogen) atoms. The van der Waals surface area contributed by atoms with Gasteiger partial charge in [0.25, 0.3) is 5.91 Å². The number of benzene rings is 1. The van der Waals surface area contributed by atoms with Crippen molar-refractivity contribution >= 4 is 23.2 Å². The minimum atomic E-state index is -0.428. The minimum absolute atomic E-state index is 0.0824. The van der Waals surface area contributed by atoms with Gasteiger partial charge in [-0.15, -0.1) is 11.3 Å². The van der Waals surface area contributed by atoms with E-state index >= 15 is 0 Å². The fourth-order valence-corrected chi connectivity index (χ4v) is 3.80. The first-order valence-corrected chi connectivity index (χ1v) is 9.44. The van der Waals surface area contributed by atoms with E-state index in [9.17, 15) is 9.59 Å². The molecule has 0 radical (unpaired) electrons.